The van der Waals surface area contributed by atoms with Crippen LogP contribution in [0.25, 0.3) is 0 Å². The summed E-state index contributed by atoms with van der Waals surface area (Å²) in [5.41, 5.74) is -3.15. The van der Waals surface area contributed by atoms with E-state index in [0.29, 0.717) is 0 Å². The molecule has 1 aromatic heterocycles. The molecule has 1 saturated carbocycles. The Kier molecular flexibility index (Phi) is 5.94. The monoisotopic (exact) mass is 446 g/mol. The van der Waals surface area contributed by atoms with Gasteiger partial charge in [-0.3, -0.25) is 4.79 Å². The number of aliphatic hydroxyl groups is 1. The van der Waals surface area contributed by atoms with E-state index in [4.69, 9.17) is 0 Å². The van der Waals surface area contributed by atoms with Gasteiger partial charge in [0.2, 0.25) is 15.6 Å². The van der Waals surface area contributed by atoms with E-state index in [9.17, 15) is 31.5 Å². The Labute approximate surface area is 171 Å². The van der Waals surface area contributed by atoms with Gasteiger partial charge in [-0.05, 0) is 37.1 Å². The van der Waals surface area contributed by atoms with Gasteiger partial charge in [0.25, 0.3) is 5.91 Å². The average molecular weight is 446 g/mol. The molecule has 3 rings (SSSR count). The largest absolute Gasteiger partial charge is 0.424 e. The molecular weight excluding hydrogens is 425 g/mol. The first-order chi connectivity index (χ1) is 13.9. The summed E-state index contributed by atoms with van der Waals surface area (Å²) in [5, 5.41) is 12.5. The zero-order valence-electron chi connectivity index (χ0n) is 16.0. The molecule has 0 aliphatic heterocycles. The molecule has 1 aliphatic rings. The standard InChI is InChI=1S/C18H21F3N4O4S/c1-25-11-10-23-16(25)17(27,18(19,20)21)8-9-22-15(26)12-2-6-14(7-3-12)30(28,29)24-13-4-5-13/h2-3,6-7,10-11,13,24,27H,4-5,8-9H2,1H3,(H,22,26). The van der Waals surface area contributed by atoms with Gasteiger partial charge in [-0.2, -0.15) is 13.2 Å². The molecular formula is C18H21F3N4O4S. The lowest BCUT2D eigenvalue weighted by atomic mass is 9.97. The van der Waals surface area contributed by atoms with Crippen molar-refractivity contribution in [2.24, 2.45) is 7.05 Å². The Balaban J connectivity index is 1.64. The molecule has 2 aromatic rings. The number of nitrogens with one attached hydrogen (secondary N) is 2. The highest BCUT2D eigenvalue weighted by Crippen LogP contribution is 2.40. The van der Waals surface area contributed by atoms with Gasteiger partial charge < -0.3 is 15.0 Å². The lowest BCUT2D eigenvalue weighted by Crippen LogP contribution is -2.46. The van der Waals surface area contributed by atoms with Crippen molar-refractivity contribution < 1.29 is 31.5 Å². The number of nitrogens with zero attached hydrogens (tertiary/aromatic N) is 2. The van der Waals surface area contributed by atoms with Gasteiger partial charge in [0.1, 0.15) is 5.82 Å². The van der Waals surface area contributed by atoms with Crippen molar-refractivity contribution in [2.75, 3.05) is 6.54 Å². The third kappa shape index (κ3) is 4.65. The second-order valence-corrected chi connectivity index (χ2v) is 8.86. The van der Waals surface area contributed by atoms with Crippen LogP contribution in [-0.4, -0.2) is 47.7 Å². The number of imidazole rings is 1. The van der Waals surface area contributed by atoms with Crippen molar-refractivity contribution >= 4 is 15.9 Å². The van der Waals surface area contributed by atoms with Crippen LogP contribution in [0.4, 0.5) is 13.2 Å². The quantitative estimate of drug-likeness (QED) is 0.568. The Hall–Kier alpha value is -2.44. The molecule has 1 amide bonds. The highest BCUT2D eigenvalue weighted by molar-refractivity contribution is 7.89. The number of hydrogen-bond acceptors (Lipinski definition) is 5. The van der Waals surface area contributed by atoms with Gasteiger partial charge in [-0.15, -0.1) is 0 Å². The number of sulfonamides is 1. The first kappa shape index (κ1) is 22.2. The maximum Gasteiger partial charge on any atom is 0.424 e. The summed E-state index contributed by atoms with van der Waals surface area (Å²) in [6.45, 7) is -0.481. The van der Waals surface area contributed by atoms with E-state index in [2.05, 4.69) is 15.0 Å². The van der Waals surface area contributed by atoms with Gasteiger partial charge in [0.05, 0.1) is 4.90 Å². The minimum absolute atomic E-state index is 0.00724. The average Bonchev–Trinajstić information content (AvgIpc) is 3.36. The molecule has 8 nitrogen and oxygen atoms in total. The second kappa shape index (κ2) is 8.00. The first-order valence-electron chi connectivity index (χ1n) is 9.11. The van der Waals surface area contributed by atoms with Gasteiger partial charge in [-0.25, -0.2) is 18.1 Å². The van der Waals surface area contributed by atoms with Gasteiger partial charge in [0, 0.05) is 44.0 Å². The Morgan fingerprint density at radius 3 is 2.40 bits per heavy atom. The van der Waals surface area contributed by atoms with Crippen LogP contribution >= 0.6 is 0 Å². The molecule has 3 N–H and O–H groups in total. The summed E-state index contributed by atoms with van der Waals surface area (Å²) < 4.78 is 68.2. The van der Waals surface area contributed by atoms with E-state index >= 15 is 0 Å². The number of aryl methyl sites for hydroxylation is 1. The summed E-state index contributed by atoms with van der Waals surface area (Å²) >= 11 is 0. The molecule has 1 fully saturated rings. The number of carbonyl (C=O) groups excluding carboxylic acids is 1. The number of carbonyl (C=O) groups is 1. The molecule has 12 heteroatoms. The van der Waals surface area contributed by atoms with Gasteiger partial charge >= 0.3 is 6.18 Å². The third-order valence-corrected chi connectivity index (χ3v) is 6.29. The van der Waals surface area contributed by atoms with Crippen molar-refractivity contribution in [3.05, 3.63) is 48.0 Å². The van der Waals surface area contributed by atoms with Crippen molar-refractivity contribution in [3.63, 3.8) is 0 Å². The fraction of sp³-hybridized carbons (Fsp3) is 0.444. The number of benzene rings is 1. The number of halogens is 3. The van der Waals surface area contributed by atoms with Crippen LogP contribution < -0.4 is 10.0 Å². The van der Waals surface area contributed by atoms with E-state index in [1.807, 2.05) is 0 Å². The molecule has 1 atom stereocenters. The van der Waals surface area contributed by atoms with Crippen molar-refractivity contribution in [1.29, 1.82) is 0 Å². The van der Waals surface area contributed by atoms with Crippen LogP contribution in [0.15, 0.2) is 41.6 Å². The molecule has 164 valence electrons. The van der Waals surface area contributed by atoms with E-state index in [1.54, 1.807) is 0 Å². The zero-order chi connectivity index (χ0) is 22.2. The van der Waals surface area contributed by atoms with E-state index in [0.717, 1.165) is 23.6 Å². The van der Waals surface area contributed by atoms with Crippen molar-refractivity contribution in [2.45, 2.75) is 42.0 Å². The van der Waals surface area contributed by atoms with E-state index in [1.165, 1.54) is 37.5 Å². The number of aromatic nitrogens is 2. The second-order valence-electron chi connectivity index (χ2n) is 7.15. The first-order valence-corrected chi connectivity index (χ1v) is 10.6. The van der Waals surface area contributed by atoms with Crippen LogP contribution in [-0.2, 0) is 22.7 Å². The minimum Gasteiger partial charge on any atom is -0.374 e. The van der Waals surface area contributed by atoms with Crippen LogP contribution in [0.5, 0.6) is 0 Å². The summed E-state index contributed by atoms with van der Waals surface area (Å²) in [6, 6.07) is 4.97. The predicted octanol–water partition coefficient (Wildman–Crippen LogP) is 1.43. The lowest BCUT2D eigenvalue weighted by molar-refractivity contribution is -0.272. The van der Waals surface area contributed by atoms with Crippen LogP contribution in [0.3, 0.4) is 0 Å². The van der Waals surface area contributed by atoms with Crippen LogP contribution in [0.1, 0.15) is 35.4 Å². The molecule has 1 unspecified atom stereocenters. The van der Waals surface area contributed by atoms with Crippen molar-refractivity contribution in [1.82, 2.24) is 19.6 Å². The normalized spacial score (nSPS) is 16.8. The molecule has 0 spiro atoms. The smallest absolute Gasteiger partial charge is 0.374 e. The SMILES string of the molecule is Cn1ccnc1C(O)(CCNC(=O)c1ccc(S(=O)(=O)NC2CC2)cc1)C(F)(F)F. The fourth-order valence-corrected chi connectivity index (χ4v) is 4.18. The van der Waals surface area contributed by atoms with Gasteiger partial charge in [-0.1, -0.05) is 0 Å². The molecule has 1 aliphatic carbocycles. The third-order valence-electron chi connectivity index (χ3n) is 4.76. The highest BCUT2D eigenvalue weighted by atomic mass is 32.2. The topological polar surface area (TPSA) is 113 Å². The molecule has 0 radical (unpaired) electrons. The predicted molar refractivity (Wildman–Crippen MR) is 99.9 cm³/mol. The summed E-state index contributed by atoms with van der Waals surface area (Å²) in [6.07, 6.45) is -1.87. The molecule has 0 bridgehead atoms. The summed E-state index contributed by atoms with van der Waals surface area (Å²) in [4.78, 5) is 15.8. The summed E-state index contributed by atoms with van der Waals surface area (Å²) in [7, 11) is -2.35. The number of rotatable bonds is 8. The van der Waals surface area contributed by atoms with Crippen molar-refractivity contribution in [3.8, 4) is 0 Å². The maximum absolute atomic E-state index is 13.5. The maximum atomic E-state index is 13.5. The Morgan fingerprint density at radius 2 is 1.90 bits per heavy atom. The van der Waals surface area contributed by atoms with Gasteiger partial charge in [0.15, 0.2) is 0 Å². The molecule has 1 aromatic carbocycles. The highest BCUT2D eigenvalue weighted by Gasteiger charge is 2.57. The number of alkyl halides is 3. The zero-order valence-corrected chi connectivity index (χ0v) is 16.8. The van der Waals surface area contributed by atoms with Crippen LogP contribution in [0.2, 0.25) is 0 Å². The van der Waals surface area contributed by atoms with Crippen LogP contribution in [0, 0.1) is 0 Å². The lowest BCUT2D eigenvalue weighted by Gasteiger charge is -2.30. The number of hydrogen-bond donors (Lipinski definition) is 3. The minimum atomic E-state index is -5.00. The molecule has 30 heavy (non-hydrogen) atoms. The van der Waals surface area contributed by atoms with E-state index < -0.39 is 46.5 Å². The van der Waals surface area contributed by atoms with E-state index in [-0.39, 0.29) is 16.5 Å². The Morgan fingerprint density at radius 1 is 1.27 bits per heavy atom. The molecule has 0 saturated heterocycles. The summed E-state index contributed by atoms with van der Waals surface area (Å²) in [5.74, 6) is -1.28. The molecule has 1 heterocycles. The fourth-order valence-electron chi connectivity index (χ4n) is 2.88. The Bertz CT molecular complexity index is 1020. The number of amides is 1.